The van der Waals surface area contributed by atoms with Crippen molar-refractivity contribution >= 4 is 21.9 Å². The van der Waals surface area contributed by atoms with E-state index >= 15 is 0 Å². The van der Waals surface area contributed by atoms with E-state index in [9.17, 15) is 0 Å². The summed E-state index contributed by atoms with van der Waals surface area (Å²) in [6.07, 6.45) is 0. The third kappa shape index (κ3) is 4.58. The molecule has 3 heteroatoms. The van der Waals surface area contributed by atoms with Crippen molar-refractivity contribution in [1.29, 1.82) is 0 Å². The Morgan fingerprint density at radius 2 is 0.930 bits per heavy atom. The zero-order valence-corrected chi connectivity index (χ0v) is 23.3. The predicted octanol–water partition coefficient (Wildman–Crippen LogP) is 10.7. The van der Waals surface area contributed by atoms with Crippen LogP contribution in [0.2, 0.25) is 0 Å². The van der Waals surface area contributed by atoms with Crippen molar-refractivity contribution in [2.24, 2.45) is 0 Å². The molecule has 2 heterocycles. The summed E-state index contributed by atoms with van der Waals surface area (Å²) in [4.78, 5) is 10.4. The fourth-order valence-corrected chi connectivity index (χ4v) is 5.81. The van der Waals surface area contributed by atoms with E-state index in [4.69, 9.17) is 14.4 Å². The molecule has 0 aliphatic heterocycles. The molecule has 8 rings (SSSR count). The highest BCUT2D eigenvalue weighted by Gasteiger charge is 2.18. The third-order valence-electron chi connectivity index (χ3n) is 7.95. The second-order valence-corrected chi connectivity index (χ2v) is 10.6. The Labute approximate surface area is 249 Å². The summed E-state index contributed by atoms with van der Waals surface area (Å²) < 4.78 is 6.43. The number of nitrogens with zero attached hydrogens (tertiary/aromatic N) is 2. The molecule has 0 spiro atoms. The first-order valence-corrected chi connectivity index (χ1v) is 14.4. The molecular formula is C40H26N2O. The van der Waals surface area contributed by atoms with E-state index in [1.807, 2.05) is 36.4 Å². The lowest BCUT2D eigenvalue weighted by Crippen LogP contribution is -1.97. The van der Waals surface area contributed by atoms with Gasteiger partial charge in [0.25, 0.3) is 0 Å². The molecule has 43 heavy (non-hydrogen) atoms. The van der Waals surface area contributed by atoms with Gasteiger partial charge in [0, 0.05) is 27.5 Å². The molecule has 0 atom stereocenters. The molecule has 8 aromatic rings. The number of furan rings is 1. The van der Waals surface area contributed by atoms with Gasteiger partial charge in [0.05, 0.1) is 11.4 Å². The highest BCUT2D eigenvalue weighted by atomic mass is 16.3. The van der Waals surface area contributed by atoms with Gasteiger partial charge in [-0.05, 0) is 40.5 Å². The zero-order chi connectivity index (χ0) is 28.6. The first-order chi connectivity index (χ1) is 21.3. The Hall–Kier alpha value is -5.80. The van der Waals surface area contributed by atoms with Gasteiger partial charge in [0.15, 0.2) is 5.82 Å². The molecular weight excluding hydrogens is 524 g/mol. The quantitative estimate of drug-likeness (QED) is 0.214. The average molecular weight is 551 g/mol. The summed E-state index contributed by atoms with van der Waals surface area (Å²) in [6, 6.07) is 54.3. The summed E-state index contributed by atoms with van der Waals surface area (Å²) in [7, 11) is 0. The largest absolute Gasteiger partial charge is 0.455 e. The van der Waals surface area contributed by atoms with E-state index in [-0.39, 0.29) is 0 Å². The van der Waals surface area contributed by atoms with Gasteiger partial charge in [0.1, 0.15) is 11.2 Å². The van der Waals surface area contributed by atoms with Crippen molar-refractivity contribution in [2.45, 2.75) is 0 Å². The summed E-state index contributed by atoms with van der Waals surface area (Å²) in [5.41, 5.74) is 10.9. The van der Waals surface area contributed by atoms with Crippen LogP contribution in [0.15, 0.2) is 162 Å². The normalized spacial score (nSPS) is 11.3. The van der Waals surface area contributed by atoms with Crippen LogP contribution >= 0.6 is 0 Å². The fraction of sp³-hybridized carbons (Fsp3) is 0. The van der Waals surface area contributed by atoms with E-state index in [1.165, 1.54) is 11.1 Å². The number of aromatic nitrogens is 2. The summed E-state index contributed by atoms with van der Waals surface area (Å²) >= 11 is 0. The van der Waals surface area contributed by atoms with E-state index in [0.717, 1.165) is 61.1 Å². The Bertz CT molecular complexity index is 2220. The number of hydrogen-bond acceptors (Lipinski definition) is 3. The van der Waals surface area contributed by atoms with E-state index < -0.39 is 0 Å². The van der Waals surface area contributed by atoms with Crippen molar-refractivity contribution in [2.75, 3.05) is 0 Å². The average Bonchev–Trinajstić information content (AvgIpc) is 3.48. The molecule has 2 aromatic heterocycles. The Balaban J connectivity index is 1.34. The van der Waals surface area contributed by atoms with Crippen molar-refractivity contribution in [3.63, 3.8) is 0 Å². The van der Waals surface area contributed by atoms with Crippen LogP contribution in [-0.2, 0) is 0 Å². The molecule has 3 nitrogen and oxygen atoms in total. The molecule has 6 aromatic carbocycles. The Morgan fingerprint density at radius 3 is 1.72 bits per heavy atom. The minimum Gasteiger partial charge on any atom is -0.455 e. The standard InChI is InChI=1S/C40H26N2O/c1-3-12-27(13-4-1)28-22-24-30(25-23-28)36-26-37(35-20-11-19-33-32-17-9-10-21-38(32)43-39(33)35)42-40(41-36)34-18-8-7-16-31(34)29-14-5-2-6-15-29/h1-26H. The van der Waals surface area contributed by atoms with Crippen LogP contribution in [0.25, 0.3) is 78.1 Å². The first kappa shape index (κ1) is 25.0. The molecule has 0 bridgehead atoms. The second kappa shape index (κ2) is 10.6. The molecule has 0 N–H and O–H groups in total. The van der Waals surface area contributed by atoms with E-state index in [1.54, 1.807) is 0 Å². The Morgan fingerprint density at radius 1 is 0.372 bits per heavy atom. The van der Waals surface area contributed by atoms with Crippen LogP contribution < -0.4 is 0 Å². The van der Waals surface area contributed by atoms with Gasteiger partial charge in [-0.15, -0.1) is 0 Å². The minimum absolute atomic E-state index is 0.673. The monoisotopic (exact) mass is 550 g/mol. The fourth-order valence-electron chi connectivity index (χ4n) is 5.81. The SMILES string of the molecule is c1ccc(-c2ccc(-c3cc(-c4cccc5c4oc4ccccc45)nc(-c4ccccc4-c4ccccc4)n3)cc2)cc1. The molecule has 0 fully saturated rings. The van der Waals surface area contributed by atoms with Crippen molar-refractivity contribution in [3.8, 4) is 56.2 Å². The minimum atomic E-state index is 0.673. The summed E-state index contributed by atoms with van der Waals surface area (Å²) in [6.45, 7) is 0. The molecule has 0 unspecified atom stereocenters. The highest BCUT2D eigenvalue weighted by Crippen LogP contribution is 2.38. The number of hydrogen-bond donors (Lipinski definition) is 0. The highest BCUT2D eigenvalue weighted by molar-refractivity contribution is 6.09. The number of fused-ring (bicyclic) bond motifs is 3. The van der Waals surface area contributed by atoms with Crippen molar-refractivity contribution < 1.29 is 4.42 Å². The van der Waals surface area contributed by atoms with E-state index in [0.29, 0.717) is 5.82 Å². The number of rotatable bonds is 5. The van der Waals surface area contributed by atoms with Crippen LogP contribution in [-0.4, -0.2) is 9.97 Å². The topological polar surface area (TPSA) is 38.9 Å². The Kier molecular flexibility index (Phi) is 6.12. The predicted molar refractivity (Wildman–Crippen MR) is 176 cm³/mol. The van der Waals surface area contributed by atoms with E-state index in [2.05, 4.69) is 121 Å². The first-order valence-electron chi connectivity index (χ1n) is 14.4. The number of benzene rings is 6. The summed E-state index contributed by atoms with van der Waals surface area (Å²) in [5, 5.41) is 2.17. The summed E-state index contributed by atoms with van der Waals surface area (Å²) in [5.74, 6) is 0.673. The smallest absolute Gasteiger partial charge is 0.161 e. The van der Waals surface area contributed by atoms with Crippen LogP contribution in [0.3, 0.4) is 0 Å². The molecule has 0 aliphatic rings. The van der Waals surface area contributed by atoms with Crippen molar-refractivity contribution in [1.82, 2.24) is 9.97 Å². The third-order valence-corrected chi connectivity index (χ3v) is 7.95. The van der Waals surface area contributed by atoms with Gasteiger partial charge in [-0.3, -0.25) is 0 Å². The lowest BCUT2D eigenvalue weighted by molar-refractivity contribution is 0.670. The van der Waals surface area contributed by atoms with Crippen LogP contribution in [0.5, 0.6) is 0 Å². The van der Waals surface area contributed by atoms with Crippen LogP contribution in [0.1, 0.15) is 0 Å². The molecule has 0 aliphatic carbocycles. The van der Waals surface area contributed by atoms with Crippen molar-refractivity contribution in [3.05, 3.63) is 158 Å². The maximum Gasteiger partial charge on any atom is 0.161 e. The van der Waals surface area contributed by atoms with Gasteiger partial charge in [-0.25, -0.2) is 9.97 Å². The molecule has 0 saturated carbocycles. The second-order valence-electron chi connectivity index (χ2n) is 10.6. The molecule has 0 saturated heterocycles. The van der Waals surface area contributed by atoms with Gasteiger partial charge in [0.2, 0.25) is 0 Å². The molecule has 0 radical (unpaired) electrons. The van der Waals surface area contributed by atoms with Gasteiger partial charge in [-0.1, -0.05) is 140 Å². The maximum atomic E-state index is 6.43. The zero-order valence-electron chi connectivity index (χ0n) is 23.3. The van der Waals surface area contributed by atoms with Gasteiger partial charge >= 0.3 is 0 Å². The number of para-hydroxylation sites is 2. The van der Waals surface area contributed by atoms with Gasteiger partial charge in [-0.2, -0.15) is 0 Å². The van der Waals surface area contributed by atoms with Crippen LogP contribution in [0.4, 0.5) is 0 Å². The molecule has 202 valence electrons. The molecule has 0 amide bonds. The lowest BCUT2D eigenvalue weighted by atomic mass is 9.98. The van der Waals surface area contributed by atoms with Crippen LogP contribution in [0, 0.1) is 0 Å². The maximum absolute atomic E-state index is 6.43. The van der Waals surface area contributed by atoms with Gasteiger partial charge < -0.3 is 4.42 Å². The lowest BCUT2D eigenvalue weighted by Gasteiger charge is -2.13.